The van der Waals surface area contributed by atoms with E-state index in [0.29, 0.717) is 25.7 Å². The summed E-state index contributed by atoms with van der Waals surface area (Å²) in [4.78, 5) is 72.5. The SMILES string of the molecule is CCCCCCCCCCCCC(=O)OC[C@H](COP(=O)(O)OC[C@H](O)COP(=O)(O)OC[C@@H](COC(=O)CCCCCCCCCCCCC(C)C)OC(=O)CCCCCCCCCCCCCC(C)C)OC(=O)CCCCCCCCCCC(C)CC. The molecule has 3 N–H and O–H groups in total. The van der Waals surface area contributed by atoms with E-state index in [1.807, 2.05) is 0 Å². The minimum absolute atomic E-state index is 0.105. The zero-order valence-electron chi connectivity index (χ0n) is 57.9. The molecule has 0 aromatic rings. The van der Waals surface area contributed by atoms with E-state index in [0.717, 1.165) is 108 Å². The topological polar surface area (TPSA) is 237 Å². The number of ether oxygens (including phenoxy) is 4. The van der Waals surface area contributed by atoms with Crippen LogP contribution >= 0.6 is 15.6 Å². The number of hydrogen-bond donors (Lipinski definition) is 3. The van der Waals surface area contributed by atoms with Crippen LogP contribution in [-0.2, 0) is 65.4 Å². The second-order valence-electron chi connectivity index (χ2n) is 26.5. The molecule has 89 heavy (non-hydrogen) atoms. The summed E-state index contributed by atoms with van der Waals surface area (Å²) in [6, 6.07) is 0. The number of aliphatic hydroxyl groups is 1. The van der Waals surface area contributed by atoms with Crippen LogP contribution in [0.2, 0.25) is 0 Å². The quantitative estimate of drug-likeness (QED) is 0.0222. The molecule has 0 aliphatic carbocycles. The second kappa shape index (κ2) is 61.0. The third kappa shape index (κ3) is 63.2. The van der Waals surface area contributed by atoms with Gasteiger partial charge in [-0.05, 0) is 43.4 Å². The minimum Gasteiger partial charge on any atom is -0.462 e. The van der Waals surface area contributed by atoms with Gasteiger partial charge in [0.25, 0.3) is 0 Å². The summed E-state index contributed by atoms with van der Waals surface area (Å²) in [5, 5.41) is 10.6. The van der Waals surface area contributed by atoms with Gasteiger partial charge in [0.05, 0.1) is 26.4 Å². The lowest BCUT2D eigenvalue weighted by Gasteiger charge is -2.21. The van der Waals surface area contributed by atoms with Gasteiger partial charge in [-0.25, -0.2) is 9.13 Å². The average molecular weight is 1310 g/mol. The van der Waals surface area contributed by atoms with Crippen molar-refractivity contribution in [3.05, 3.63) is 0 Å². The molecule has 0 aromatic carbocycles. The van der Waals surface area contributed by atoms with E-state index in [-0.39, 0.29) is 25.7 Å². The van der Waals surface area contributed by atoms with Crippen LogP contribution in [0.3, 0.4) is 0 Å². The maximum atomic E-state index is 13.0. The molecule has 0 spiro atoms. The van der Waals surface area contributed by atoms with Crippen LogP contribution in [0.15, 0.2) is 0 Å². The van der Waals surface area contributed by atoms with Gasteiger partial charge in [0, 0.05) is 25.7 Å². The zero-order chi connectivity index (χ0) is 65.9. The zero-order valence-corrected chi connectivity index (χ0v) is 59.7. The molecule has 0 amide bonds. The molecule has 0 saturated carbocycles. The number of carbonyl (C=O) groups excluding carboxylic acids is 4. The van der Waals surface area contributed by atoms with Gasteiger partial charge in [0.15, 0.2) is 12.2 Å². The van der Waals surface area contributed by atoms with Gasteiger partial charge >= 0.3 is 39.5 Å². The van der Waals surface area contributed by atoms with Gasteiger partial charge in [-0.2, -0.15) is 0 Å². The predicted octanol–water partition coefficient (Wildman–Crippen LogP) is 19.8. The molecule has 19 heteroatoms. The lowest BCUT2D eigenvalue weighted by molar-refractivity contribution is -0.161. The van der Waals surface area contributed by atoms with Crippen LogP contribution in [0.1, 0.15) is 350 Å². The summed E-state index contributed by atoms with van der Waals surface area (Å²) >= 11 is 0. The first kappa shape index (κ1) is 87.1. The Morgan fingerprint density at radius 2 is 0.573 bits per heavy atom. The summed E-state index contributed by atoms with van der Waals surface area (Å²) in [5.74, 6) is 0.166. The molecule has 17 nitrogen and oxygen atoms in total. The number of hydrogen-bond acceptors (Lipinski definition) is 15. The molecule has 6 atom stereocenters. The van der Waals surface area contributed by atoms with Crippen LogP contribution in [-0.4, -0.2) is 96.7 Å². The summed E-state index contributed by atoms with van der Waals surface area (Å²) in [6.07, 6.45) is 44.3. The Balaban J connectivity index is 5.26. The number of phosphoric acid groups is 2. The third-order valence-electron chi connectivity index (χ3n) is 16.5. The van der Waals surface area contributed by atoms with Gasteiger partial charge in [-0.1, -0.05) is 299 Å². The highest BCUT2D eigenvalue weighted by molar-refractivity contribution is 7.47. The Hall–Kier alpha value is -1.94. The van der Waals surface area contributed by atoms with Crippen molar-refractivity contribution >= 4 is 39.5 Å². The normalized spacial score (nSPS) is 14.5. The Kier molecular flexibility index (Phi) is 59.6. The van der Waals surface area contributed by atoms with E-state index < -0.39 is 97.5 Å². The smallest absolute Gasteiger partial charge is 0.462 e. The van der Waals surface area contributed by atoms with Crippen LogP contribution < -0.4 is 0 Å². The standard InChI is InChI=1S/C70H136O17P2/c1-8-10-11-12-13-14-22-30-37-44-51-67(72)80-58-66(87-70(75)54-47-40-33-26-25-29-36-43-50-63(7)9-2)60-85-89(78,79)83-56-64(71)55-82-88(76,77)84-59-65(57-81-68(73)52-45-38-31-23-19-18-21-28-35-42-49-62(5)6)86-69(74)53-46-39-32-24-17-15-16-20-27-34-41-48-61(3)4/h61-66,71H,8-60H2,1-7H3,(H,76,77)(H,78,79)/t63?,64-,65-,66-/m1/s1. The first-order chi connectivity index (χ1) is 42.8. The fourth-order valence-electron chi connectivity index (χ4n) is 10.5. The lowest BCUT2D eigenvalue weighted by atomic mass is 9.99. The van der Waals surface area contributed by atoms with Crippen LogP contribution in [0.5, 0.6) is 0 Å². The first-order valence-electron chi connectivity index (χ1n) is 36.4. The Morgan fingerprint density at radius 1 is 0.326 bits per heavy atom. The molecule has 0 radical (unpaired) electrons. The average Bonchev–Trinajstić information content (AvgIpc) is 3.68. The predicted molar refractivity (Wildman–Crippen MR) is 358 cm³/mol. The Morgan fingerprint density at radius 3 is 0.854 bits per heavy atom. The molecular weight excluding hydrogens is 1170 g/mol. The molecule has 528 valence electrons. The van der Waals surface area contributed by atoms with Crippen molar-refractivity contribution in [2.45, 2.75) is 369 Å². The van der Waals surface area contributed by atoms with Gasteiger partial charge in [0.2, 0.25) is 0 Å². The summed E-state index contributed by atoms with van der Waals surface area (Å²) in [6.45, 7) is 11.8. The molecule has 0 rings (SSSR count). The van der Waals surface area contributed by atoms with E-state index in [2.05, 4.69) is 48.5 Å². The van der Waals surface area contributed by atoms with E-state index >= 15 is 0 Å². The molecule has 0 heterocycles. The summed E-state index contributed by atoms with van der Waals surface area (Å²) < 4.78 is 68.3. The number of esters is 4. The van der Waals surface area contributed by atoms with Crippen molar-refractivity contribution < 1.29 is 80.2 Å². The highest BCUT2D eigenvalue weighted by Crippen LogP contribution is 2.45. The van der Waals surface area contributed by atoms with Crippen LogP contribution in [0.25, 0.3) is 0 Å². The Bertz CT molecular complexity index is 1750. The van der Waals surface area contributed by atoms with Crippen molar-refractivity contribution in [2.24, 2.45) is 17.8 Å². The van der Waals surface area contributed by atoms with E-state index in [4.69, 9.17) is 37.0 Å². The van der Waals surface area contributed by atoms with E-state index in [1.54, 1.807) is 0 Å². The molecular formula is C70H136O17P2. The molecule has 3 unspecified atom stereocenters. The summed E-state index contributed by atoms with van der Waals surface area (Å²) in [7, 11) is -9.90. The molecule has 0 aliphatic rings. The maximum Gasteiger partial charge on any atom is 0.472 e. The largest absolute Gasteiger partial charge is 0.472 e. The van der Waals surface area contributed by atoms with Crippen molar-refractivity contribution in [3.8, 4) is 0 Å². The van der Waals surface area contributed by atoms with E-state index in [1.165, 1.54) is 161 Å². The molecule has 0 aliphatic heterocycles. The highest BCUT2D eigenvalue weighted by atomic mass is 31.2. The van der Waals surface area contributed by atoms with E-state index in [9.17, 15) is 43.2 Å². The fraction of sp³-hybridized carbons (Fsp3) is 0.943. The number of carbonyl (C=O) groups is 4. The van der Waals surface area contributed by atoms with Crippen molar-refractivity contribution in [2.75, 3.05) is 39.6 Å². The summed E-state index contributed by atoms with van der Waals surface area (Å²) in [5.41, 5.74) is 0. The van der Waals surface area contributed by atoms with Gasteiger partial charge in [-0.15, -0.1) is 0 Å². The number of aliphatic hydroxyl groups excluding tert-OH is 1. The van der Waals surface area contributed by atoms with Gasteiger partial charge in [0.1, 0.15) is 19.3 Å². The second-order valence-corrected chi connectivity index (χ2v) is 29.4. The molecule has 0 bridgehead atoms. The lowest BCUT2D eigenvalue weighted by Crippen LogP contribution is -2.30. The maximum absolute atomic E-state index is 13.0. The van der Waals surface area contributed by atoms with Crippen molar-refractivity contribution in [1.82, 2.24) is 0 Å². The van der Waals surface area contributed by atoms with Gasteiger partial charge < -0.3 is 33.8 Å². The first-order valence-corrected chi connectivity index (χ1v) is 39.4. The number of unbranched alkanes of at least 4 members (excludes halogenated alkanes) is 35. The number of rotatable bonds is 68. The van der Waals surface area contributed by atoms with Crippen LogP contribution in [0, 0.1) is 17.8 Å². The van der Waals surface area contributed by atoms with Crippen molar-refractivity contribution in [1.29, 1.82) is 0 Å². The highest BCUT2D eigenvalue weighted by Gasteiger charge is 2.30. The monoisotopic (exact) mass is 1310 g/mol. The number of phosphoric ester groups is 2. The molecule has 0 fully saturated rings. The van der Waals surface area contributed by atoms with Gasteiger partial charge in [-0.3, -0.25) is 37.3 Å². The Labute approximate surface area is 543 Å². The van der Waals surface area contributed by atoms with Crippen LogP contribution in [0.4, 0.5) is 0 Å². The minimum atomic E-state index is -4.95. The molecule has 0 saturated heterocycles. The van der Waals surface area contributed by atoms with Crippen molar-refractivity contribution in [3.63, 3.8) is 0 Å². The third-order valence-corrected chi connectivity index (χ3v) is 18.4. The fourth-order valence-corrected chi connectivity index (χ4v) is 12.1. The molecule has 0 aromatic heterocycles.